The van der Waals surface area contributed by atoms with Crippen molar-refractivity contribution < 1.29 is 22.7 Å². The number of aryl methyl sites for hydroxylation is 1. The van der Waals surface area contributed by atoms with Gasteiger partial charge in [0, 0.05) is 41.6 Å². The van der Waals surface area contributed by atoms with Crippen LogP contribution in [0.25, 0.3) is 16.9 Å². The van der Waals surface area contributed by atoms with Crippen LogP contribution in [0.4, 0.5) is 24.8 Å². The Morgan fingerprint density at radius 2 is 1.97 bits per heavy atom. The molecule has 0 spiro atoms. The number of halogens is 3. The highest BCUT2D eigenvalue weighted by Gasteiger charge is 2.34. The van der Waals surface area contributed by atoms with E-state index in [0.717, 1.165) is 22.5 Å². The fourth-order valence-electron chi connectivity index (χ4n) is 3.17. The number of carbonyl (C=O) groups is 1. The molecule has 3 heterocycles. The summed E-state index contributed by atoms with van der Waals surface area (Å²) in [6.45, 7) is 3.79. The van der Waals surface area contributed by atoms with Crippen molar-refractivity contribution in [1.29, 1.82) is 0 Å². The van der Waals surface area contributed by atoms with Crippen molar-refractivity contribution in [3.63, 3.8) is 0 Å². The van der Waals surface area contributed by atoms with Crippen molar-refractivity contribution in [2.45, 2.75) is 20.0 Å². The molecular weight excluding hydrogens is 449 g/mol. The molecule has 0 bridgehead atoms. The first-order valence-electron chi connectivity index (χ1n) is 10.2. The molecule has 0 aliphatic rings. The number of ether oxygens (including phenoxy) is 1. The first-order valence-corrected chi connectivity index (χ1v) is 10.2. The maximum Gasteiger partial charge on any atom is 0.435 e. The Labute approximate surface area is 192 Å². The quantitative estimate of drug-likeness (QED) is 0.399. The van der Waals surface area contributed by atoms with Crippen LogP contribution < -0.4 is 5.32 Å². The van der Waals surface area contributed by atoms with E-state index in [1.165, 1.54) is 24.7 Å². The molecule has 0 atom stereocenters. The average Bonchev–Trinajstić information content (AvgIpc) is 3.30. The van der Waals surface area contributed by atoms with Crippen molar-refractivity contribution >= 4 is 17.6 Å². The summed E-state index contributed by atoms with van der Waals surface area (Å²) < 4.78 is 45.6. The molecule has 0 amide bonds. The molecule has 0 aliphatic heterocycles. The van der Waals surface area contributed by atoms with Crippen LogP contribution in [0.2, 0.25) is 0 Å². The fourth-order valence-corrected chi connectivity index (χ4v) is 3.17. The number of hydrogen-bond donors (Lipinski definition) is 1. The topological polar surface area (TPSA) is 94.8 Å². The number of nitrogens with zero attached hydrogens (tertiary/aromatic N) is 5. The second kappa shape index (κ2) is 9.30. The number of aromatic nitrogens is 5. The average molecular weight is 468 g/mol. The normalized spacial score (nSPS) is 11.3. The van der Waals surface area contributed by atoms with Crippen molar-refractivity contribution in [2.24, 2.45) is 0 Å². The number of anilines is 2. The van der Waals surface area contributed by atoms with Crippen molar-refractivity contribution in [1.82, 2.24) is 24.7 Å². The Balaban J connectivity index is 1.80. The van der Waals surface area contributed by atoms with Gasteiger partial charge >= 0.3 is 12.1 Å². The van der Waals surface area contributed by atoms with Gasteiger partial charge in [0.1, 0.15) is 0 Å². The van der Waals surface area contributed by atoms with E-state index in [1.807, 2.05) is 31.2 Å². The molecule has 4 aromatic rings. The standard InChI is InChI=1S/C23H19F3N6O2/c1-3-34-21(33)16-10-15(11-27-12-16)18-13-28-22(29-17-6-4-5-14(2)9-17)30-20(18)32-8-7-19(31-32)23(24,25)26/h4-13H,3H2,1-2H3,(H,28,29,30). The van der Waals surface area contributed by atoms with Crippen LogP contribution in [0.3, 0.4) is 0 Å². The molecule has 34 heavy (non-hydrogen) atoms. The molecule has 0 fully saturated rings. The minimum Gasteiger partial charge on any atom is -0.462 e. The van der Waals surface area contributed by atoms with Crippen LogP contribution in [-0.2, 0) is 10.9 Å². The van der Waals surface area contributed by atoms with Gasteiger partial charge in [-0.1, -0.05) is 12.1 Å². The van der Waals surface area contributed by atoms with E-state index in [1.54, 1.807) is 6.92 Å². The van der Waals surface area contributed by atoms with E-state index >= 15 is 0 Å². The third-order valence-electron chi connectivity index (χ3n) is 4.70. The number of esters is 1. The number of alkyl halides is 3. The predicted octanol–water partition coefficient (Wildman–Crippen LogP) is 4.97. The van der Waals surface area contributed by atoms with Crippen LogP contribution in [0.5, 0.6) is 0 Å². The number of pyridine rings is 1. The summed E-state index contributed by atoms with van der Waals surface area (Å²) in [6, 6.07) is 9.82. The van der Waals surface area contributed by atoms with Gasteiger partial charge in [0.25, 0.3) is 0 Å². The summed E-state index contributed by atoms with van der Waals surface area (Å²) in [5, 5.41) is 6.69. The summed E-state index contributed by atoms with van der Waals surface area (Å²) >= 11 is 0. The first-order chi connectivity index (χ1) is 16.2. The van der Waals surface area contributed by atoms with Crippen LogP contribution in [0.1, 0.15) is 28.5 Å². The SMILES string of the molecule is CCOC(=O)c1cncc(-c2cnc(Nc3cccc(C)c3)nc2-n2ccc(C(F)(F)F)n2)c1. The van der Waals surface area contributed by atoms with E-state index < -0.39 is 17.8 Å². The third kappa shape index (κ3) is 5.03. The minimum absolute atomic E-state index is 0.0726. The highest BCUT2D eigenvalue weighted by molar-refractivity contribution is 5.90. The Morgan fingerprint density at radius 3 is 2.68 bits per heavy atom. The van der Waals surface area contributed by atoms with Crippen molar-refractivity contribution in [2.75, 3.05) is 11.9 Å². The van der Waals surface area contributed by atoms with Crippen LogP contribution in [0.15, 0.2) is 61.2 Å². The van der Waals surface area contributed by atoms with Crippen LogP contribution >= 0.6 is 0 Å². The molecular formula is C23H19F3N6O2. The lowest BCUT2D eigenvalue weighted by Gasteiger charge is -2.12. The van der Waals surface area contributed by atoms with Gasteiger partial charge in [-0.2, -0.15) is 23.3 Å². The Morgan fingerprint density at radius 1 is 1.15 bits per heavy atom. The Bertz CT molecular complexity index is 1340. The zero-order valence-electron chi connectivity index (χ0n) is 18.2. The van der Waals surface area contributed by atoms with E-state index in [0.29, 0.717) is 16.8 Å². The second-order valence-electron chi connectivity index (χ2n) is 7.25. The number of rotatable bonds is 6. The lowest BCUT2D eigenvalue weighted by molar-refractivity contribution is -0.141. The van der Waals surface area contributed by atoms with Gasteiger partial charge < -0.3 is 10.1 Å². The second-order valence-corrected chi connectivity index (χ2v) is 7.25. The lowest BCUT2D eigenvalue weighted by Crippen LogP contribution is -2.10. The number of nitrogens with one attached hydrogen (secondary N) is 1. The van der Waals surface area contributed by atoms with Gasteiger partial charge in [-0.05, 0) is 43.7 Å². The number of hydrogen-bond acceptors (Lipinski definition) is 7. The molecule has 0 radical (unpaired) electrons. The summed E-state index contributed by atoms with van der Waals surface area (Å²) in [4.78, 5) is 24.9. The summed E-state index contributed by atoms with van der Waals surface area (Å²) in [7, 11) is 0. The molecule has 174 valence electrons. The molecule has 0 saturated heterocycles. The van der Waals surface area contributed by atoms with Gasteiger partial charge in [-0.3, -0.25) is 4.98 Å². The Hall–Kier alpha value is -4.28. The molecule has 4 rings (SSSR count). The summed E-state index contributed by atoms with van der Waals surface area (Å²) in [6.07, 6.45) is 0.764. The van der Waals surface area contributed by atoms with Gasteiger partial charge in [0.15, 0.2) is 11.5 Å². The molecule has 1 N–H and O–H groups in total. The van der Waals surface area contributed by atoms with E-state index in [-0.39, 0.29) is 23.9 Å². The number of benzene rings is 1. The van der Waals surface area contributed by atoms with Crippen LogP contribution in [-0.4, -0.2) is 37.3 Å². The lowest BCUT2D eigenvalue weighted by atomic mass is 10.1. The highest BCUT2D eigenvalue weighted by Crippen LogP contribution is 2.30. The molecule has 0 aliphatic carbocycles. The number of carbonyl (C=O) groups excluding carboxylic acids is 1. The smallest absolute Gasteiger partial charge is 0.435 e. The van der Waals surface area contributed by atoms with Crippen LogP contribution in [0, 0.1) is 6.92 Å². The van der Waals surface area contributed by atoms with Crippen molar-refractivity contribution in [3.05, 3.63) is 78.0 Å². The minimum atomic E-state index is -4.62. The van der Waals surface area contributed by atoms with E-state index in [2.05, 4.69) is 25.4 Å². The third-order valence-corrected chi connectivity index (χ3v) is 4.70. The molecule has 0 saturated carbocycles. The van der Waals surface area contributed by atoms with Gasteiger partial charge in [0.05, 0.1) is 12.2 Å². The largest absolute Gasteiger partial charge is 0.462 e. The molecule has 0 unspecified atom stereocenters. The molecule has 3 aromatic heterocycles. The summed E-state index contributed by atoms with van der Waals surface area (Å²) in [5.41, 5.74) is 1.57. The first kappa shape index (κ1) is 22.9. The fraction of sp³-hybridized carbons (Fsp3) is 0.174. The van der Waals surface area contributed by atoms with Gasteiger partial charge in [0.2, 0.25) is 5.95 Å². The van der Waals surface area contributed by atoms with Gasteiger partial charge in [-0.25, -0.2) is 14.5 Å². The zero-order valence-corrected chi connectivity index (χ0v) is 18.2. The highest BCUT2D eigenvalue weighted by atomic mass is 19.4. The van der Waals surface area contributed by atoms with E-state index in [4.69, 9.17) is 4.74 Å². The molecule has 8 nitrogen and oxygen atoms in total. The molecule has 11 heteroatoms. The van der Waals surface area contributed by atoms with Gasteiger partial charge in [-0.15, -0.1) is 0 Å². The maximum atomic E-state index is 13.2. The molecule has 1 aromatic carbocycles. The monoisotopic (exact) mass is 468 g/mol. The summed E-state index contributed by atoms with van der Waals surface area (Å²) in [5.74, 6) is -0.345. The maximum absolute atomic E-state index is 13.2. The zero-order chi connectivity index (χ0) is 24.3. The van der Waals surface area contributed by atoms with Crippen molar-refractivity contribution in [3.8, 4) is 16.9 Å². The Kier molecular flexibility index (Phi) is 6.26. The van der Waals surface area contributed by atoms with E-state index in [9.17, 15) is 18.0 Å². The predicted molar refractivity (Wildman–Crippen MR) is 118 cm³/mol.